The molecule has 3 rings (SSSR count). The van der Waals surface area contributed by atoms with E-state index in [2.05, 4.69) is 26.6 Å². The van der Waals surface area contributed by atoms with E-state index in [0.717, 1.165) is 5.69 Å². The molecule has 0 radical (unpaired) electrons. The molecule has 2 aromatic rings. The molecule has 150 valence electrons. The van der Waals surface area contributed by atoms with Crippen molar-refractivity contribution in [3.63, 3.8) is 0 Å². The maximum Gasteiger partial charge on any atom is 0.246 e. The zero-order valence-electron chi connectivity index (χ0n) is 16.4. The van der Waals surface area contributed by atoms with Crippen molar-refractivity contribution in [2.24, 2.45) is 12.0 Å². The van der Waals surface area contributed by atoms with Crippen LogP contribution in [0.15, 0.2) is 41.7 Å². The Morgan fingerprint density at radius 3 is 2.86 bits per heavy atom. The molecule has 0 unspecified atom stereocenters. The number of piperazine rings is 1. The largest absolute Gasteiger partial charge is 0.347 e. The number of aryl methyl sites for hydroxylation is 1. The molecule has 1 aliphatic heterocycles. The summed E-state index contributed by atoms with van der Waals surface area (Å²) in [4.78, 5) is 32.5. The van der Waals surface area contributed by atoms with Crippen LogP contribution in [0.3, 0.4) is 0 Å². The van der Waals surface area contributed by atoms with E-state index in [9.17, 15) is 9.59 Å². The van der Waals surface area contributed by atoms with Gasteiger partial charge in [-0.25, -0.2) is 0 Å². The summed E-state index contributed by atoms with van der Waals surface area (Å²) in [6, 6.07) is 7.06. The first-order valence-electron chi connectivity index (χ1n) is 9.11. The highest BCUT2D eigenvalue weighted by atomic mass is 16.2. The van der Waals surface area contributed by atoms with Crippen LogP contribution in [-0.2, 0) is 16.6 Å². The summed E-state index contributed by atoms with van der Waals surface area (Å²) in [5, 5.41) is 9.90. The van der Waals surface area contributed by atoms with Crippen LogP contribution >= 0.6 is 0 Å². The molecule has 1 aromatic heterocycles. The van der Waals surface area contributed by atoms with Gasteiger partial charge in [0.25, 0.3) is 0 Å². The summed E-state index contributed by atoms with van der Waals surface area (Å²) < 4.78 is 1.66. The van der Waals surface area contributed by atoms with Crippen LogP contribution in [0.2, 0.25) is 0 Å². The fourth-order valence-corrected chi connectivity index (χ4v) is 3.06. The third kappa shape index (κ3) is 4.93. The van der Waals surface area contributed by atoms with Crippen molar-refractivity contribution >= 4 is 29.1 Å². The lowest BCUT2D eigenvalue weighted by Gasteiger charge is -2.35. The molecule has 1 saturated heterocycles. The van der Waals surface area contributed by atoms with Crippen molar-refractivity contribution in [2.45, 2.75) is 0 Å². The number of hydrogen-bond acceptors (Lipinski definition) is 4. The van der Waals surface area contributed by atoms with Crippen molar-refractivity contribution in [3.05, 3.63) is 42.2 Å². The number of anilines is 2. The second-order valence-electron chi connectivity index (χ2n) is 6.51. The predicted octanol–water partition coefficient (Wildman–Crippen LogP) is 0.264. The SMILES string of the molecule is C#Cc1cccc(NC(=O)CNC(=NC)N2CCN(c3cnn(C)c3)C(=O)C2)c1. The Balaban J connectivity index is 1.53. The molecule has 2 N–H and O–H groups in total. The Morgan fingerprint density at radius 1 is 1.38 bits per heavy atom. The number of carbonyl (C=O) groups excluding carboxylic acids is 2. The van der Waals surface area contributed by atoms with Gasteiger partial charge in [-0.05, 0) is 18.2 Å². The third-order valence-corrected chi connectivity index (χ3v) is 4.46. The Labute approximate surface area is 169 Å². The van der Waals surface area contributed by atoms with Gasteiger partial charge in [0.05, 0.1) is 18.4 Å². The minimum Gasteiger partial charge on any atom is -0.347 e. The van der Waals surface area contributed by atoms with E-state index >= 15 is 0 Å². The van der Waals surface area contributed by atoms with Gasteiger partial charge in [-0.1, -0.05) is 12.0 Å². The minimum atomic E-state index is -0.236. The lowest BCUT2D eigenvalue weighted by atomic mass is 10.2. The highest BCUT2D eigenvalue weighted by Gasteiger charge is 2.27. The van der Waals surface area contributed by atoms with Crippen LogP contribution in [0.5, 0.6) is 0 Å². The normalized spacial score (nSPS) is 14.5. The number of benzene rings is 1. The van der Waals surface area contributed by atoms with Crippen molar-refractivity contribution in [3.8, 4) is 12.3 Å². The average molecular weight is 393 g/mol. The van der Waals surface area contributed by atoms with Crippen molar-refractivity contribution in [1.29, 1.82) is 0 Å². The zero-order valence-corrected chi connectivity index (χ0v) is 16.4. The molecule has 0 aliphatic carbocycles. The molecule has 0 saturated carbocycles. The van der Waals surface area contributed by atoms with Crippen LogP contribution in [0, 0.1) is 12.3 Å². The van der Waals surface area contributed by atoms with Gasteiger partial charge in [0.1, 0.15) is 6.54 Å². The monoisotopic (exact) mass is 393 g/mol. The molecule has 9 nitrogen and oxygen atoms in total. The summed E-state index contributed by atoms with van der Waals surface area (Å²) in [7, 11) is 3.43. The summed E-state index contributed by atoms with van der Waals surface area (Å²) in [6.45, 7) is 1.28. The highest BCUT2D eigenvalue weighted by molar-refractivity contribution is 5.99. The molecule has 2 amide bonds. The Kier molecular flexibility index (Phi) is 6.14. The number of nitrogens with one attached hydrogen (secondary N) is 2. The van der Waals surface area contributed by atoms with Gasteiger partial charge in [0, 0.05) is 44.6 Å². The molecule has 29 heavy (non-hydrogen) atoms. The number of nitrogens with zero attached hydrogens (tertiary/aromatic N) is 5. The molecule has 0 bridgehead atoms. The summed E-state index contributed by atoms with van der Waals surface area (Å²) in [5.41, 5.74) is 2.09. The Hall–Kier alpha value is -3.80. The van der Waals surface area contributed by atoms with Crippen LogP contribution in [-0.4, -0.2) is 65.7 Å². The van der Waals surface area contributed by atoms with Crippen LogP contribution < -0.4 is 15.5 Å². The number of guanidine groups is 1. The number of amides is 2. The number of hydrogen-bond donors (Lipinski definition) is 2. The predicted molar refractivity (Wildman–Crippen MR) is 112 cm³/mol. The average Bonchev–Trinajstić information content (AvgIpc) is 3.14. The number of rotatable bonds is 4. The maximum absolute atomic E-state index is 12.5. The Bertz CT molecular complexity index is 973. The molecule has 9 heteroatoms. The molecule has 1 fully saturated rings. The molecule has 2 heterocycles. The second-order valence-corrected chi connectivity index (χ2v) is 6.51. The number of terminal acetylenes is 1. The summed E-state index contributed by atoms with van der Waals surface area (Å²) >= 11 is 0. The number of carbonyl (C=O) groups is 2. The van der Waals surface area contributed by atoms with Gasteiger partial charge in [0.15, 0.2) is 5.96 Å². The Morgan fingerprint density at radius 2 is 2.21 bits per heavy atom. The quantitative estimate of drug-likeness (QED) is 0.442. The van der Waals surface area contributed by atoms with Crippen molar-refractivity contribution in [1.82, 2.24) is 20.0 Å². The van der Waals surface area contributed by atoms with Gasteiger partial charge in [0.2, 0.25) is 11.8 Å². The molecule has 1 aromatic carbocycles. The minimum absolute atomic E-state index is 0.0178. The molecular formula is C20H23N7O2. The number of aromatic nitrogens is 2. The summed E-state index contributed by atoms with van der Waals surface area (Å²) in [6.07, 6.45) is 8.85. The fraction of sp³-hybridized carbons (Fsp3) is 0.300. The van der Waals surface area contributed by atoms with Gasteiger partial charge >= 0.3 is 0 Å². The lowest BCUT2D eigenvalue weighted by Crippen LogP contribution is -2.56. The van der Waals surface area contributed by atoms with E-state index < -0.39 is 0 Å². The number of aliphatic imine (C=N–C) groups is 1. The van der Waals surface area contributed by atoms with E-state index in [0.29, 0.717) is 30.3 Å². The van der Waals surface area contributed by atoms with E-state index in [1.165, 1.54) is 0 Å². The van der Waals surface area contributed by atoms with Gasteiger partial charge in [-0.3, -0.25) is 19.3 Å². The second kappa shape index (κ2) is 8.93. The third-order valence-electron chi connectivity index (χ3n) is 4.46. The highest BCUT2D eigenvalue weighted by Crippen LogP contribution is 2.16. The summed E-state index contributed by atoms with van der Waals surface area (Å²) in [5.74, 6) is 2.74. The smallest absolute Gasteiger partial charge is 0.246 e. The van der Waals surface area contributed by atoms with Crippen LogP contribution in [0.25, 0.3) is 0 Å². The fourth-order valence-electron chi connectivity index (χ4n) is 3.06. The first kappa shape index (κ1) is 19.9. The molecule has 0 atom stereocenters. The van der Waals surface area contributed by atoms with Gasteiger partial charge in [-0.2, -0.15) is 5.10 Å². The maximum atomic E-state index is 12.5. The first-order valence-corrected chi connectivity index (χ1v) is 9.11. The van der Waals surface area contributed by atoms with Crippen molar-refractivity contribution < 1.29 is 9.59 Å². The van der Waals surface area contributed by atoms with Crippen LogP contribution in [0.1, 0.15) is 5.56 Å². The standard InChI is InChI=1S/C20H23N7O2/c1-4-15-6-5-7-16(10-15)24-18(28)12-22-20(21-2)26-8-9-27(19(29)14-26)17-11-23-25(3)13-17/h1,5-7,10-11,13H,8-9,12,14H2,2-3H3,(H,21,22)(H,24,28). The molecular weight excluding hydrogens is 370 g/mol. The van der Waals surface area contributed by atoms with Crippen molar-refractivity contribution in [2.75, 3.05) is 43.4 Å². The van der Waals surface area contributed by atoms with E-state index in [4.69, 9.17) is 6.42 Å². The van der Waals surface area contributed by atoms with Gasteiger partial charge in [-0.15, -0.1) is 6.42 Å². The topological polar surface area (TPSA) is 94.9 Å². The first-order chi connectivity index (χ1) is 14.0. The van der Waals surface area contributed by atoms with E-state index in [1.807, 2.05) is 11.9 Å². The van der Waals surface area contributed by atoms with E-state index in [-0.39, 0.29) is 24.9 Å². The lowest BCUT2D eigenvalue weighted by molar-refractivity contribution is -0.120. The molecule has 0 spiro atoms. The van der Waals surface area contributed by atoms with Gasteiger partial charge < -0.3 is 20.4 Å². The zero-order chi connectivity index (χ0) is 20.8. The molecule has 1 aliphatic rings. The van der Waals surface area contributed by atoms with E-state index in [1.54, 1.807) is 53.3 Å². The van der Waals surface area contributed by atoms with Crippen LogP contribution in [0.4, 0.5) is 11.4 Å².